The summed E-state index contributed by atoms with van der Waals surface area (Å²) < 4.78 is 0.977. The lowest BCUT2D eigenvalue weighted by Gasteiger charge is -2.15. The molecule has 0 saturated carbocycles. The molecular formula is C11H13N3OS3. The second-order valence-corrected chi connectivity index (χ2v) is 7.01. The zero-order valence-electron chi connectivity index (χ0n) is 9.83. The molecule has 7 heteroatoms. The van der Waals surface area contributed by atoms with Crippen molar-refractivity contribution in [3.63, 3.8) is 0 Å². The van der Waals surface area contributed by atoms with E-state index in [2.05, 4.69) is 4.98 Å². The van der Waals surface area contributed by atoms with Gasteiger partial charge in [0.25, 0.3) is 0 Å². The molecule has 0 aromatic carbocycles. The van der Waals surface area contributed by atoms with Crippen molar-refractivity contribution in [2.75, 3.05) is 18.5 Å². The van der Waals surface area contributed by atoms with E-state index < -0.39 is 0 Å². The lowest BCUT2D eigenvalue weighted by atomic mass is 10.4. The van der Waals surface area contributed by atoms with E-state index >= 15 is 0 Å². The van der Waals surface area contributed by atoms with Crippen molar-refractivity contribution >= 4 is 45.5 Å². The number of amides is 1. The Morgan fingerprint density at radius 2 is 2.44 bits per heavy atom. The molecule has 4 nitrogen and oxygen atoms in total. The summed E-state index contributed by atoms with van der Waals surface area (Å²) in [5.41, 5.74) is 5.54. The Hall–Kier alpha value is -1.05. The number of nitrogen functional groups attached to an aromatic ring is 1. The molecule has 1 amide bonds. The summed E-state index contributed by atoms with van der Waals surface area (Å²) >= 11 is 4.55. The monoisotopic (exact) mass is 299 g/mol. The van der Waals surface area contributed by atoms with Crippen LogP contribution in [0.25, 0.3) is 0 Å². The lowest BCUT2D eigenvalue weighted by molar-refractivity contribution is -0.127. The predicted octanol–water partition coefficient (Wildman–Crippen LogP) is 2.54. The third-order valence-electron chi connectivity index (χ3n) is 2.24. The molecule has 0 aliphatic carbocycles. The minimum Gasteiger partial charge on any atom is -0.375 e. The van der Waals surface area contributed by atoms with Crippen molar-refractivity contribution in [1.29, 1.82) is 0 Å². The van der Waals surface area contributed by atoms with Gasteiger partial charge in [0, 0.05) is 11.9 Å². The van der Waals surface area contributed by atoms with Crippen LogP contribution in [0.4, 0.5) is 5.13 Å². The number of nitrogens with zero attached hydrogens (tertiary/aromatic N) is 2. The normalized spacial score (nSPS) is 10.5. The highest BCUT2D eigenvalue weighted by molar-refractivity contribution is 8.01. The Balaban J connectivity index is 1.80. The summed E-state index contributed by atoms with van der Waals surface area (Å²) in [5, 5.41) is 2.56. The quantitative estimate of drug-likeness (QED) is 0.862. The van der Waals surface area contributed by atoms with Crippen molar-refractivity contribution in [2.24, 2.45) is 0 Å². The average molecular weight is 299 g/mol. The van der Waals surface area contributed by atoms with Gasteiger partial charge < -0.3 is 10.6 Å². The number of thiophene rings is 1. The Bertz CT molecular complexity index is 509. The van der Waals surface area contributed by atoms with Gasteiger partial charge in [-0.2, -0.15) is 0 Å². The van der Waals surface area contributed by atoms with Crippen LogP contribution < -0.4 is 5.73 Å². The number of aromatic nitrogens is 1. The molecule has 2 rings (SSSR count). The first-order valence-electron chi connectivity index (χ1n) is 5.25. The van der Waals surface area contributed by atoms with Gasteiger partial charge in [0.2, 0.25) is 5.91 Å². The molecule has 0 saturated heterocycles. The highest BCUT2D eigenvalue weighted by atomic mass is 32.2. The zero-order chi connectivity index (χ0) is 13.0. The SMILES string of the molecule is CN(Cc1cccs1)C(=O)CSc1cnc(N)s1. The minimum atomic E-state index is 0.111. The number of rotatable bonds is 5. The van der Waals surface area contributed by atoms with Crippen LogP contribution in [0.3, 0.4) is 0 Å². The van der Waals surface area contributed by atoms with E-state index in [9.17, 15) is 4.79 Å². The third kappa shape index (κ3) is 3.72. The van der Waals surface area contributed by atoms with E-state index in [1.54, 1.807) is 22.4 Å². The number of anilines is 1. The summed E-state index contributed by atoms with van der Waals surface area (Å²) in [4.78, 5) is 18.8. The van der Waals surface area contributed by atoms with Gasteiger partial charge in [-0.15, -0.1) is 23.1 Å². The Kier molecular flexibility index (Phi) is 4.62. The van der Waals surface area contributed by atoms with Gasteiger partial charge >= 0.3 is 0 Å². The molecule has 0 aliphatic rings. The molecule has 2 N–H and O–H groups in total. The molecular weight excluding hydrogens is 286 g/mol. The first-order valence-corrected chi connectivity index (χ1v) is 7.94. The van der Waals surface area contributed by atoms with E-state index in [1.807, 2.05) is 24.6 Å². The fourth-order valence-corrected chi connectivity index (χ4v) is 3.76. The van der Waals surface area contributed by atoms with E-state index in [1.165, 1.54) is 28.0 Å². The molecule has 2 heterocycles. The molecule has 0 aliphatic heterocycles. The lowest BCUT2D eigenvalue weighted by Crippen LogP contribution is -2.27. The van der Waals surface area contributed by atoms with Crippen LogP contribution in [-0.2, 0) is 11.3 Å². The summed E-state index contributed by atoms with van der Waals surface area (Å²) in [5.74, 6) is 0.532. The molecule has 18 heavy (non-hydrogen) atoms. The predicted molar refractivity (Wildman–Crippen MR) is 78.0 cm³/mol. The number of carbonyl (C=O) groups excluding carboxylic acids is 1. The first kappa shape index (κ1) is 13.4. The van der Waals surface area contributed by atoms with E-state index in [4.69, 9.17) is 5.73 Å². The first-order chi connectivity index (χ1) is 8.65. The molecule has 2 aromatic rings. The second kappa shape index (κ2) is 6.21. The Morgan fingerprint density at radius 3 is 3.06 bits per heavy atom. The maximum absolute atomic E-state index is 11.9. The largest absolute Gasteiger partial charge is 0.375 e. The molecule has 0 unspecified atom stereocenters. The number of carbonyl (C=O) groups is 1. The van der Waals surface area contributed by atoms with Crippen LogP contribution in [0.1, 0.15) is 4.88 Å². The van der Waals surface area contributed by atoms with E-state index in [0.717, 1.165) is 4.21 Å². The smallest absolute Gasteiger partial charge is 0.233 e. The minimum absolute atomic E-state index is 0.111. The van der Waals surface area contributed by atoms with Crippen LogP contribution in [0.5, 0.6) is 0 Å². The van der Waals surface area contributed by atoms with Crippen molar-refractivity contribution in [2.45, 2.75) is 10.8 Å². The fraction of sp³-hybridized carbons (Fsp3) is 0.273. The maximum atomic E-state index is 11.9. The van der Waals surface area contributed by atoms with Crippen LogP contribution in [0, 0.1) is 0 Å². The number of thiazole rings is 1. The van der Waals surface area contributed by atoms with Crippen LogP contribution in [-0.4, -0.2) is 28.6 Å². The van der Waals surface area contributed by atoms with E-state index in [0.29, 0.717) is 17.4 Å². The summed E-state index contributed by atoms with van der Waals surface area (Å²) in [6.45, 7) is 0.669. The second-order valence-electron chi connectivity index (χ2n) is 3.64. The molecule has 0 spiro atoms. The van der Waals surface area contributed by atoms with Crippen molar-refractivity contribution in [3.05, 3.63) is 28.6 Å². The number of thioether (sulfide) groups is 1. The molecule has 0 radical (unpaired) electrons. The van der Waals surface area contributed by atoms with Gasteiger partial charge in [0.15, 0.2) is 5.13 Å². The van der Waals surface area contributed by atoms with Crippen LogP contribution in [0.15, 0.2) is 27.9 Å². The molecule has 2 aromatic heterocycles. The van der Waals surface area contributed by atoms with Gasteiger partial charge in [0.05, 0.1) is 22.7 Å². The van der Waals surface area contributed by atoms with Crippen molar-refractivity contribution < 1.29 is 4.79 Å². The molecule has 0 bridgehead atoms. The summed E-state index contributed by atoms with van der Waals surface area (Å²) in [6.07, 6.45) is 1.71. The number of hydrogen-bond acceptors (Lipinski definition) is 6. The summed E-state index contributed by atoms with van der Waals surface area (Å²) in [7, 11) is 1.82. The topological polar surface area (TPSA) is 59.2 Å². The molecule has 0 atom stereocenters. The van der Waals surface area contributed by atoms with Crippen LogP contribution in [0.2, 0.25) is 0 Å². The standard InChI is InChI=1S/C11H13N3OS3/c1-14(6-8-3-2-4-16-8)9(15)7-17-10-5-13-11(12)18-10/h2-5H,6-7H2,1H3,(H2,12,13). The van der Waals surface area contributed by atoms with Gasteiger partial charge in [-0.05, 0) is 11.4 Å². The third-order valence-corrected chi connectivity index (χ3v) is 5.11. The van der Waals surface area contributed by atoms with Crippen LogP contribution >= 0.6 is 34.4 Å². The Morgan fingerprint density at radius 1 is 1.61 bits per heavy atom. The highest BCUT2D eigenvalue weighted by Crippen LogP contribution is 2.26. The van der Waals surface area contributed by atoms with Gasteiger partial charge in [0.1, 0.15) is 0 Å². The summed E-state index contributed by atoms with van der Waals surface area (Å²) in [6, 6.07) is 4.03. The zero-order valence-corrected chi connectivity index (χ0v) is 12.3. The van der Waals surface area contributed by atoms with E-state index in [-0.39, 0.29) is 5.91 Å². The number of nitrogens with two attached hydrogens (primary N) is 1. The van der Waals surface area contributed by atoms with Crippen molar-refractivity contribution in [1.82, 2.24) is 9.88 Å². The Labute approximate surface area is 118 Å². The van der Waals surface area contributed by atoms with Crippen molar-refractivity contribution in [3.8, 4) is 0 Å². The number of hydrogen-bond donors (Lipinski definition) is 1. The molecule has 96 valence electrons. The fourth-order valence-electron chi connectivity index (χ4n) is 1.31. The van der Waals surface area contributed by atoms with Gasteiger partial charge in [-0.3, -0.25) is 4.79 Å². The molecule has 0 fully saturated rings. The highest BCUT2D eigenvalue weighted by Gasteiger charge is 2.11. The maximum Gasteiger partial charge on any atom is 0.233 e. The average Bonchev–Trinajstić information content (AvgIpc) is 2.97. The van der Waals surface area contributed by atoms with Gasteiger partial charge in [-0.1, -0.05) is 17.4 Å². The van der Waals surface area contributed by atoms with Gasteiger partial charge in [-0.25, -0.2) is 4.98 Å².